The fourth-order valence-corrected chi connectivity index (χ4v) is 7.38. The Morgan fingerprint density at radius 2 is 1.22 bits per heavy atom. The van der Waals surface area contributed by atoms with Crippen LogP contribution < -0.4 is 0 Å². The number of fused-ring (bicyclic) bond motifs is 6. The predicted molar refractivity (Wildman–Crippen MR) is 205 cm³/mol. The minimum Gasteiger partial charge on any atom is -0.361 e. The predicted octanol–water partition coefficient (Wildman–Crippen LogP) is 11.3. The van der Waals surface area contributed by atoms with Gasteiger partial charge in [0.1, 0.15) is 0 Å². The molecule has 0 amide bonds. The Morgan fingerprint density at radius 1 is 0.460 bits per heavy atom. The van der Waals surface area contributed by atoms with Crippen LogP contribution in [0.15, 0.2) is 171 Å². The van der Waals surface area contributed by atoms with Gasteiger partial charge >= 0.3 is 0 Å². The van der Waals surface area contributed by atoms with Gasteiger partial charge in [-0.15, -0.1) is 0 Å². The second kappa shape index (κ2) is 11.4. The van der Waals surface area contributed by atoms with Crippen LogP contribution in [0.1, 0.15) is 0 Å². The van der Waals surface area contributed by atoms with E-state index < -0.39 is 0 Å². The molecule has 10 rings (SSSR count). The summed E-state index contributed by atoms with van der Waals surface area (Å²) in [5.41, 5.74) is 12.1. The Morgan fingerprint density at radius 3 is 2.08 bits per heavy atom. The summed E-state index contributed by atoms with van der Waals surface area (Å²) in [6.45, 7) is 0. The SMILES string of the molecule is c1cncc(-c2cc(-c3ccc4c(ccc5c6ccc(-c7c[nH]c(-c8cccnc8)c7)cc6n(-c6cccc7ccccc67)c45)c3)ccn2)c1. The van der Waals surface area contributed by atoms with Crippen LogP contribution in [-0.2, 0) is 0 Å². The molecular weight excluding hydrogens is 611 g/mol. The average Bonchev–Trinajstić information content (AvgIpc) is 3.82. The minimum absolute atomic E-state index is 0.910. The molecule has 10 aromatic rings. The van der Waals surface area contributed by atoms with Crippen LogP contribution in [-0.4, -0.2) is 24.5 Å². The summed E-state index contributed by atoms with van der Waals surface area (Å²) in [6, 6.07) is 47.9. The molecule has 0 aliphatic rings. The molecule has 0 aliphatic heterocycles. The van der Waals surface area contributed by atoms with Gasteiger partial charge in [0.05, 0.1) is 22.4 Å². The number of rotatable bonds is 5. The molecule has 5 heteroatoms. The topological polar surface area (TPSA) is 59.4 Å². The number of hydrogen-bond donors (Lipinski definition) is 1. The Balaban J connectivity index is 1.20. The summed E-state index contributed by atoms with van der Waals surface area (Å²) >= 11 is 0. The highest BCUT2D eigenvalue weighted by atomic mass is 15.0. The van der Waals surface area contributed by atoms with Crippen molar-refractivity contribution in [3.63, 3.8) is 0 Å². The van der Waals surface area contributed by atoms with E-state index in [0.29, 0.717) is 0 Å². The molecule has 234 valence electrons. The van der Waals surface area contributed by atoms with Crippen LogP contribution in [0.4, 0.5) is 0 Å². The molecule has 0 fully saturated rings. The zero-order valence-electron chi connectivity index (χ0n) is 27.0. The number of aromatic amines is 1. The van der Waals surface area contributed by atoms with E-state index in [0.717, 1.165) is 50.5 Å². The van der Waals surface area contributed by atoms with Crippen LogP contribution in [0.3, 0.4) is 0 Å². The van der Waals surface area contributed by atoms with Gasteiger partial charge in [-0.25, -0.2) is 0 Å². The first-order chi connectivity index (χ1) is 24.8. The van der Waals surface area contributed by atoms with Crippen molar-refractivity contribution in [3.05, 3.63) is 171 Å². The number of pyridine rings is 3. The second-order valence-electron chi connectivity index (χ2n) is 12.7. The van der Waals surface area contributed by atoms with Crippen molar-refractivity contribution in [1.82, 2.24) is 24.5 Å². The molecule has 0 atom stereocenters. The van der Waals surface area contributed by atoms with Crippen molar-refractivity contribution < 1.29 is 0 Å². The first-order valence-electron chi connectivity index (χ1n) is 16.7. The zero-order valence-corrected chi connectivity index (χ0v) is 27.0. The number of nitrogens with one attached hydrogen (secondary N) is 1. The molecule has 5 nitrogen and oxygen atoms in total. The van der Waals surface area contributed by atoms with Gasteiger partial charge < -0.3 is 9.55 Å². The standard InChI is InChI=1S/C45H29N5/c1-2-10-37-29(6-1)7-3-11-43(37)50-44-25-31(36-24-42(49-28-36)35-9-5-20-47-27-35)13-16-39(44)40-17-14-33-22-30(12-15-38(33)45(40)50)32-18-21-48-41(23-32)34-8-4-19-46-26-34/h1-28,49H. The van der Waals surface area contributed by atoms with Gasteiger partial charge in [-0.05, 0) is 93.7 Å². The maximum absolute atomic E-state index is 4.63. The van der Waals surface area contributed by atoms with E-state index >= 15 is 0 Å². The van der Waals surface area contributed by atoms with Crippen molar-refractivity contribution in [2.24, 2.45) is 0 Å². The Bertz CT molecular complexity index is 2860. The summed E-state index contributed by atoms with van der Waals surface area (Å²) in [5.74, 6) is 0. The lowest BCUT2D eigenvalue weighted by Crippen LogP contribution is -1.96. The van der Waals surface area contributed by atoms with Gasteiger partial charge in [-0.1, -0.05) is 72.8 Å². The second-order valence-corrected chi connectivity index (χ2v) is 12.7. The van der Waals surface area contributed by atoms with Crippen LogP contribution in [0.25, 0.3) is 93.8 Å². The molecule has 0 unspecified atom stereocenters. The molecule has 50 heavy (non-hydrogen) atoms. The molecule has 0 saturated carbocycles. The molecule has 0 spiro atoms. The van der Waals surface area contributed by atoms with E-state index in [9.17, 15) is 0 Å². The molecular formula is C45H29N5. The number of aromatic nitrogens is 5. The van der Waals surface area contributed by atoms with Crippen molar-refractivity contribution in [1.29, 1.82) is 0 Å². The van der Waals surface area contributed by atoms with Gasteiger partial charge in [0.15, 0.2) is 0 Å². The first kappa shape index (κ1) is 28.2. The maximum Gasteiger partial charge on any atom is 0.0723 e. The molecule has 5 heterocycles. The van der Waals surface area contributed by atoms with Crippen molar-refractivity contribution in [2.45, 2.75) is 0 Å². The molecule has 1 N–H and O–H groups in total. The van der Waals surface area contributed by atoms with Crippen LogP contribution >= 0.6 is 0 Å². The molecule has 0 aliphatic carbocycles. The van der Waals surface area contributed by atoms with Crippen molar-refractivity contribution >= 4 is 43.4 Å². The van der Waals surface area contributed by atoms with Crippen molar-refractivity contribution in [3.8, 4) is 50.5 Å². The third-order valence-electron chi connectivity index (χ3n) is 9.79. The van der Waals surface area contributed by atoms with E-state index in [4.69, 9.17) is 0 Å². The molecule has 5 aromatic heterocycles. The monoisotopic (exact) mass is 639 g/mol. The highest BCUT2D eigenvalue weighted by molar-refractivity contribution is 6.20. The lowest BCUT2D eigenvalue weighted by atomic mass is 9.98. The smallest absolute Gasteiger partial charge is 0.0723 e. The van der Waals surface area contributed by atoms with E-state index in [2.05, 4.69) is 146 Å². The fourth-order valence-electron chi connectivity index (χ4n) is 7.38. The van der Waals surface area contributed by atoms with E-state index in [1.807, 2.05) is 36.8 Å². The van der Waals surface area contributed by atoms with Crippen LogP contribution in [0.5, 0.6) is 0 Å². The molecule has 0 bridgehead atoms. The van der Waals surface area contributed by atoms with E-state index in [1.54, 1.807) is 12.4 Å². The fraction of sp³-hybridized carbons (Fsp3) is 0. The third kappa shape index (κ3) is 4.60. The summed E-state index contributed by atoms with van der Waals surface area (Å²) in [6.07, 6.45) is 11.3. The Hall–Kier alpha value is -6.85. The van der Waals surface area contributed by atoms with Crippen LogP contribution in [0, 0.1) is 0 Å². The summed E-state index contributed by atoms with van der Waals surface area (Å²) in [7, 11) is 0. The number of hydrogen-bond acceptors (Lipinski definition) is 3. The average molecular weight is 640 g/mol. The largest absolute Gasteiger partial charge is 0.361 e. The quantitative estimate of drug-likeness (QED) is 0.204. The highest BCUT2D eigenvalue weighted by Crippen LogP contribution is 2.41. The van der Waals surface area contributed by atoms with Gasteiger partial charge in [0.25, 0.3) is 0 Å². The minimum atomic E-state index is 0.910. The van der Waals surface area contributed by atoms with Crippen molar-refractivity contribution in [2.75, 3.05) is 0 Å². The number of benzene rings is 5. The van der Waals surface area contributed by atoms with Gasteiger partial charge in [-0.3, -0.25) is 15.0 Å². The highest BCUT2D eigenvalue weighted by Gasteiger charge is 2.18. The normalized spacial score (nSPS) is 11.6. The summed E-state index contributed by atoms with van der Waals surface area (Å²) < 4.78 is 2.47. The van der Waals surface area contributed by atoms with Gasteiger partial charge in [0, 0.05) is 75.5 Å². The molecule has 0 radical (unpaired) electrons. The number of H-pyrrole nitrogens is 1. The van der Waals surface area contributed by atoms with Gasteiger partial charge in [-0.2, -0.15) is 0 Å². The Kier molecular flexibility index (Phi) is 6.42. The van der Waals surface area contributed by atoms with E-state index in [-0.39, 0.29) is 0 Å². The summed E-state index contributed by atoms with van der Waals surface area (Å²) in [4.78, 5) is 16.7. The maximum atomic E-state index is 4.63. The van der Waals surface area contributed by atoms with E-state index in [1.165, 1.54) is 43.4 Å². The third-order valence-corrected chi connectivity index (χ3v) is 9.79. The lowest BCUT2D eigenvalue weighted by molar-refractivity contribution is 1.20. The summed E-state index contributed by atoms with van der Waals surface area (Å²) in [5, 5.41) is 7.28. The number of nitrogens with zero attached hydrogens (tertiary/aromatic N) is 4. The first-order valence-corrected chi connectivity index (χ1v) is 16.7. The molecule has 5 aromatic carbocycles. The lowest BCUT2D eigenvalue weighted by Gasteiger charge is -2.14. The molecule has 0 saturated heterocycles. The Labute approximate surface area is 288 Å². The zero-order chi connectivity index (χ0) is 33.0. The van der Waals surface area contributed by atoms with Gasteiger partial charge in [0.2, 0.25) is 0 Å². The van der Waals surface area contributed by atoms with Crippen LogP contribution in [0.2, 0.25) is 0 Å².